The minimum atomic E-state index is -0.394. The molecule has 0 saturated heterocycles. The molecular formula is C20H17ClFN5O. The number of halogens is 2. The number of nitrogens with one attached hydrogen (secondary N) is 1. The number of hydrogen-bond acceptors (Lipinski definition) is 3. The molecule has 0 radical (unpaired) electrons. The first-order chi connectivity index (χ1) is 13.4. The van der Waals surface area contributed by atoms with E-state index in [0.717, 1.165) is 11.0 Å². The fourth-order valence-electron chi connectivity index (χ4n) is 3.14. The molecule has 0 aliphatic carbocycles. The summed E-state index contributed by atoms with van der Waals surface area (Å²) in [6.07, 6.45) is 0. The number of para-hydroxylation sites is 2. The number of benzene rings is 2. The van der Waals surface area contributed by atoms with Crippen LogP contribution in [0.2, 0.25) is 5.02 Å². The number of nitrogens with zero attached hydrogens (tertiary/aromatic N) is 4. The summed E-state index contributed by atoms with van der Waals surface area (Å²) in [5.41, 5.74) is 2.61. The van der Waals surface area contributed by atoms with Gasteiger partial charge in [0.15, 0.2) is 0 Å². The van der Waals surface area contributed by atoms with E-state index in [9.17, 15) is 9.18 Å². The zero-order chi connectivity index (χ0) is 19.8. The zero-order valence-corrected chi connectivity index (χ0v) is 16.0. The summed E-state index contributed by atoms with van der Waals surface area (Å²) < 4.78 is 17.8. The number of amides is 1. The smallest absolute Gasteiger partial charge is 0.234 e. The molecule has 0 atom stereocenters. The first-order valence-electron chi connectivity index (χ1n) is 8.67. The van der Waals surface area contributed by atoms with E-state index in [-0.39, 0.29) is 12.5 Å². The van der Waals surface area contributed by atoms with Crippen LogP contribution in [0.4, 0.5) is 10.2 Å². The number of rotatable bonds is 4. The zero-order valence-electron chi connectivity index (χ0n) is 15.3. The Morgan fingerprint density at radius 1 is 1.21 bits per heavy atom. The molecule has 0 saturated carbocycles. The Morgan fingerprint density at radius 2 is 2.00 bits per heavy atom. The van der Waals surface area contributed by atoms with Gasteiger partial charge in [0.25, 0.3) is 0 Å². The fourth-order valence-corrected chi connectivity index (χ4v) is 3.37. The quantitative estimate of drug-likeness (QED) is 0.557. The third kappa shape index (κ3) is 3.25. The van der Waals surface area contributed by atoms with Gasteiger partial charge in [-0.3, -0.25) is 4.79 Å². The van der Waals surface area contributed by atoms with Crippen molar-refractivity contribution in [2.24, 2.45) is 0 Å². The molecule has 0 bridgehead atoms. The van der Waals surface area contributed by atoms with Crippen molar-refractivity contribution in [2.75, 3.05) is 5.32 Å². The second-order valence-electron chi connectivity index (χ2n) is 6.45. The average molecular weight is 398 g/mol. The Morgan fingerprint density at radius 3 is 2.75 bits per heavy atom. The van der Waals surface area contributed by atoms with Crippen molar-refractivity contribution in [3.05, 3.63) is 70.6 Å². The molecule has 28 heavy (non-hydrogen) atoms. The lowest BCUT2D eigenvalue weighted by atomic mass is 10.2. The Hall–Kier alpha value is -3.19. The lowest BCUT2D eigenvalue weighted by Crippen LogP contribution is -2.15. The molecule has 142 valence electrons. The van der Waals surface area contributed by atoms with E-state index in [1.165, 1.54) is 13.0 Å². The maximum absolute atomic E-state index is 14.4. The number of carbonyl (C=O) groups excluding carboxylic acids is 1. The monoisotopic (exact) mass is 397 g/mol. The predicted octanol–water partition coefficient (Wildman–Crippen LogP) is 4.33. The number of aryl methyl sites for hydroxylation is 1. The van der Waals surface area contributed by atoms with Crippen molar-refractivity contribution >= 4 is 34.4 Å². The first-order valence-corrected chi connectivity index (χ1v) is 9.04. The van der Waals surface area contributed by atoms with Gasteiger partial charge in [0, 0.05) is 23.6 Å². The van der Waals surface area contributed by atoms with Crippen LogP contribution in [0.25, 0.3) is 17.0 Å². The lowest BCUT2D eigenvalue weighted by molar-refractivity contribution is -0.114. The third-order valence-corrected chi connectivity index (χ3v) is 4.69. The van der Waals surface area contributed by atoms with Crippen LogP contribution in [0.3, 0.4) is 0 Å². The molecule has 0 aliphatic heterocycles. The highest BCUT2D eigenvalue weighted by molar-refractivity contribution is 6.31. The van der Waals surface area contributed by atoms with Crippen LogP contribution >= 0.6 is 11.6 Å². The molecule has 0 unspecified atom stereocenters. The largest absolute Gasteiger partial charge is 0.311 e. The molecular weight excluding hydrogens is 381 g/mol. The van der Waals surface area contributed by atoms with Gasteiger partial charge in [-0.15, -0.1) is 0 Å². The van der Waals surface area contributed by atoms with E-state index in [0.29, 0.717) is 28.0 Å². The molecule has 8 heteroatoms. The maximum atomic E-state index is 14.4. The molecule has 2 aromatic carbocycles. The van der Waals surface area contributed by atoms with Crippen molar-refractivity contribution < 1.29 is 9.18 Å². The summed E-state index contributed by atoms with van der Waals surface area (Å²) in [6, 6.07) is 13.9. The molecule has 1 amide bonds. The van der Waals surface area contributed by atoms with Crippen LogP contribution in [0, 0.1) is 12.7 Å². The van der Waals surface area contributed by atoms with E-state index in [4.69, 9.17) is 11.6 Å². The fraction of sp³-hybridized carbons (Fsp3) is 0.150. The van der Waals surface area contributed by atoms with Gasteiger partial charge < -0.3 is 9.88 Å². The van der Waals surface area contributed by atoms with Crippen LogP contribution in [0.1, 0.15) is 18.2 Å². The number of aromatic nitrogens is 4. The summed E-state index contributed by atoms with van der Waals surface area (Å²) in [6.45, 7) is 3.41. The molecule has 2 heterocycles. The number of fused-ring (bicyclic) bond motifs is 1. The molecule has 0 fully saturated rings. The highest BCUT2D eigenvalue weighted by atomic mass is 35.5. The molecule has 2 aromatic heterocycles. The van der Waals surface area contributed by atoms with Crippen LogP contribution in [-0.2, 0) is 11.3 Å². The third-order valence-electron chi connectivity index (χ3n) is 4.34. The van der Waals surface area contributed by atoms with E-state index >= 15 is 0 Å². The Balaban J connectivity index is 1.93. The van der Waals surface area contributed by atoms with Crippen LogP contribution in [-0.4, -0.2) is 25.2 Å². The number of anilines is 1. The van der Waals surface area contributed by atoms with Gasteiger partial charge in [-0.05, 0) is 31.2 Å². The van der Waals surface area contributed by atoms with Gasteiger partial charge in [-0.1, -0.05) is 29.8 Å². The van der Waals surface area contributed by atoms with E-state index in [2.05, 4.69) is 15.4 Å². The SMILES string of the molecule is CC(=O)Nc1cc(C)nn1-c1nc2ccccc2n1Cc1c(F)cccc1Cl. The number of carbonyl (C=O) groups is 1. The number of imidazole rings is 1. The minimum absolute atomic E-state index is 0.166. The highest BCUT2D eigenvalue weighted by Crippen LogP contribution is 2.27. The van der Waals surface area contributed by atoms with Gasteiger partial charge in [-0.25, -0.2) is 9.37 Å². The maximum Gasteiger partial charge on any atom is 0.234 e. The lowest BCUT2D eigenvalue weighted by Gasteiger charge is -2.13. The summed E-state index contributed by atoms with van der Waals surface area (Å²) in [5, 5.41) is 7.56. The topological polar surface area (TPSA) is 64.7 Å². The van der Waals surface area contributed by atoms with Gasteiger partial charge in [-0.2, -0.15) is 9.78 Å². The molecule has 1 N–H and O–H groups in total. The van der Waals surface area contributed by atoms with Crippen LogP contribution in [0.5, 0.6) is 0 Å². The second-order valence-corrected chi connectivity index (χ2v) is 6.86. The molecule has 6 nitrogen and oxygen atoms in total. The van der Waals surface area contributed by atoms with Crippen LogP contribution in [0.15, 0.2) is 48.5 Å². The molecule has 4 rings (SSSR count). The average Bonchev–Trinajstić information content (AvgIpc) is 3.18. The van der Waals surface area contributed by atoms with E-state index in [1.54, 1.807) is 22.9 Å². The van der Waals surface area contributed by atoms with Gasteiger partial charge in [0.2, 0.25) is 11.9 Å². The van der Waals surface area contributed by atoms with Crippen LogP contribution < -0.4 is 5.32 Å². The normalized spacial score (nSPS) is 11.1. The van der Waals surface area contributed by atoms with Crippen molar-refractivity contribution in [3.8, 4) is 5.95 Å². The predicted molar refractivity (Wildman–Crippen MR) is 106 cm³/mol. The Labute approximate surface area is 165 Å². The molecule has 0 aliphatic rings. The van der Waals surface area contributed by atoms with Crippen molar-refractivity contribution in [1.82, 2.24) is 19.3 Å². The Bertz CT molecular complexity index is 1180. The van der Waals surface area contributed by atoms with Crippen molar-refractivity contribution in [2.45, 2.75) is 20.4 Å². The summed E-state index contributed by atoms with van der Waals surface area (Å²) >= 11 is 6.25. The number of hydrogen-bond donors (Lipinski definition) is 1. The van der Waals surface area contributed by atoms with E-state index in [1.807, 2.05) is 35.8 Å². The first kappa shape index (κ1) is 18.2. The Kier molecular flexibility index (Phi) is 4.60. The van der Waals surface area contributed by atoms with Crippen molar-refractivity contribution in [1.29, 1.82) is 0 Å². The summed E-state index contributed by atoms with van der Waals surface area (Å²) in [7, 11) is 0. The van der Waals surface area contributed by atoms with Gasteiger partial charge in [0.1, 0.15) is 11.6 Å². The second kappa shape index (κ2) is 7.09. The molecule has 0 spiro atoms. The molecule has 4 aromatic rings. The van der Waals surface area contributed by atoms with Gasteiger partial charge >= 0.3 is 0 Å². The summed E-state index contributed by atoms with van der Waals surface area (Å²) in [4.78, 5) is 16.3. The van der Waals surface area contributed by atoms with E-state index < -0.39 is 5.82 Å². The van der Waals surface area contributed by atoms with Gasteiger partial charge in [0.05, 0.1) is 23.3 Å². The highest BCUT2D eigenvalue weighted by Gasteiger charge is 2.19. The standard InChI is InChI=1S/C20H17ClFN5O/c1-12-10-19(23-13(2)28)27(25-12)20-24-17-8-3-4-9-18(17)26(20)11-14-15(21)6-5-7-16(14)22/h3-10H,11H2,1-2H3,(H,23,28). The van der Waals surface area contributed by atoms with Crippen molar-refractivity contribution in [3.63, 3.8) is 0 Å². The minimum Gasteiger partial charge on any atom is -0.311 e. The summed E-state index contributed by atoms with van der Waals surface area (Å²) in [5.74, 6) is 0.328.